The molecule has 0 saturated heterocycles. The van der Waals surface area contributed by atoms with Crippen molar-refractivity contribution < 1.29 is 28.7 Å². The predicted molar refractivity (Wildman–Crippen MR) is 127 cm³/mol. The molecule has 0 bridgehead atoms. The van der Waals surface area contributed by atoms with Gasteiger partial charge in [-0.05, 0) is 48.5 Å². The first-order chi connectivity index (χ1) is 16.4. The summed E-state index contributed by atoms with van der Waals surface area (Å²) in [5.74, 6) is -1.67. The molecule has 1 heterocycles. The normalized spacial score (nSPS) is 10.1. The topological polar surface area (TPSA) is 136 Å². The number of carbonyl (C=O) groups is 4. The summed E-state index contributed by atoms with van der Waals surface area (Å²) in [6.07, 6.45) is 2.65. The molecule has 0 aliphatic carbocycles. The summed E-state index contributed by atoms with van der Waals surface area (Å²) >= 11 is 3.75. The van der Waals surface area contributed by atoms with Crippen molar-refractivity contribution in [2.75, 3.05) is 24.9 Å². The number of amides is 3. The van der Waals surface area contributed by atoms with Crippen molar-refractivity contribution in [2.45, 2.75) is 0 Å². The van der Waals surface area contributed by atoms with Gasteiger partial charge in [-0.25, -0.2) is 4.79 Å². The SMILES string of the molecule is COC(=O)c1cncc(NC(=O)c2ccc(C(=O)NS)cc2NC(=O)c2ccc(OC)cc2)c1. The average molecular weight is 481 g/mol. The molecule has 10 nitrogen and oxygen atoms in total. The van der Waals surface area contributed by atoms with Crippen molar-refractivity contribution in [1.29, 1.82) is 0 Å². The number of anilines is 2. The monoisotopic (exact) mass is 480 g/mol. The van der Waals surface area contributed by atoms with Crippen LogP contribution in [0.3, 0.4) is 0 Å². The van der Waals surface area contributed by atoms with E-state index in [2.05, 4.69) is 37.9 Å². The van der Waals surface area contributed by atoms with Crippen LogP contribution in [0.1, 0.15) is 41.4 Å². The van der Waals surface area contributed by atoms with Crippen LogP contribution in [0.25, 0.3) is 0 Å². The van der Waals surface area contributed by atoms with E-state index in [4.69, 9.17) is 4.74 Å². The Morgan fingerprint density at radius 3 is 2.15 bits per heavy atom. The fraction of sp³-hybridized carbons (Fsp3) is 0.0870. The summed E-state index contributed by atoms with van der Waals surface area (Å²) in [5, 5.41) is 5.27. The van der Waals surface area contributed by atoms with Gasteiger partial charge in [0.1, 0.15) is 5.75 Å². The molecule has 3 rings (SSSR count). The van der Waals surface area contributed by atoms with Gasteiger partial charge in [0.2, 0.25) is 0 Å². The first-order valence-corrected chi connectivity index (χ1v) is 10.2. The van der Waals surface area contributed by atoms with E-state index < -0.39 is 23.7 Å². The number of aromatic nitrogens is 1. The van der Waals surface area contributed by atoms with Crippen molar-refractivity contribution in [3.05, 3.63) is 83.2 Å². The van der Waals surface area contributed by atoms with Gasteiger partial charge in [0, 0.05) is 17.3 Å². The van der Waals surface area contributed by atoms with Gasteiger partial charge in [-0.15, -0.1) is 0 Å². The van der Waals surface area contributed by atoms with Crippen LogP contribution in [0, 0.1) is 0 Å². The van der Waals surface area contributed by atoms with Crippen molar-refractivity contribution in [3.63, 3.8) is 0 Å². The molecule has 0 fully saturated rings. The van der Waals surface area contributed by atoms with Crippen molar-refractivity contribution in [1.82, 2.24) is 9.71 Å². The van der Waals surface area contributed by atoms with E-state index in [1.165, 1.54) is 50.9 Å². The van der Waals surface area contributed by atoms with Gasteiger partial charge in [-0.1, -0.05) is 12.8 Å². The zero-order chi connectivity index (χ0) is 24.7. The van der Waals surface area contributed by atoms with Crippen LogP contribution in [0.4, 0.5) is 11.4 Å². The third kappa shape index (κ3) is 5.70. The Bertz CT molecular complexity index is 1250. The first kappa shape index (κ1) is 24.3. The summed E-state index contributed by atoms with van der Waals surface area (Å²) < 4.78 is 11.9. The number of rotatable bonds is 7. The lowest BCUT2D eigenvalue weighted by Crippen LogP contribution is -2.20. The molecule has 3 amide bonds. The minimum Gasteiger partial charge on any atom is -0.497 e. The molecule has 0 radical (unpaired) electrons. The molecule has 0 atom stereocenters. The average Bonchev–Trinajstić information content (AvgIpc) is 2.87. The number of hydrogen-bond acceptors (Lipinski definition) is 8. The second-order valence-corrected chi connectivity index (χ2v) is 7.02. The zero-order valence-corrected chi connectivity index (χ0v) is 19.0. The van der Waals surface area contributed by atoms with E-state index >= 15 is 0 Å². The highest BCUT2D eigenvalue weighted by Crippen LogP contribution is 2.22. The van der Waals surface area contributed by atoms with Crippen LogP contribution in [0.5, 0.6) is 5.75 Å². The van der Waals surface area contributed by atoms with Crippen molar-refractivity contribution in [3.8, 4) is 5.75 Å². The Morgan fingerprint density at radius 1 is 0.794 bits per heavy atom. The Kier molecular flexibility index (Phi) is 7.83. The van der Waals surface area contributed by atoms with E-state index in [-0.39, 0.29) is 28.1 Å². The molecule has 0 spiro atoms. The van der Waals surface area contributed by atoms with E-state index in [9.17, 15) is 19.2 Å². The van der Waals surface area contributed by atoms with Gasteiger partial charge >= 0.3 is 5.97 Å². The highest BCUT2D eigenvalue weighted by Gasteiger charge is 2.18. The van der Waals surface area contributed by atoms with Gasteiger partial charge in [0.05, 0.1) is 42.9 Å². The Balaban J connectivity index is 1.91. The Labute approximate surface area is 200 Å². The third-order valence-electron chi connectivity index (χ3n) is 4.65. The van der Waals surface area contributed by atoms with Gasteiger partial charge in [0.15, 0.2) is 0 Å². The molecule has 34 heavy (non-hydrogen) atoms. The molecule has 0 aliphatic heterocycles. The zero-order valence-electron chi connectivity index (χ0n) is 18.1. The van der Waals surface area contributed by atoms with E-state index in [1.807, 2.05) is 0 Å². The maximum Gasteiger partial charge on any atom is 0.339 e. The molecular formula is C23H20N4O6S. The first-order valence-electron chi connectivity index (χ1n) is 9.75. The van der Waals surface area contributed by atoms with Gasteiger partial charge < -0.3 is 20.1 Å². The standard InChI is InChI=1S/C23H20N4O6S/c1-32-17-6-3-13(4-7-17)20(28)26-19-10-14(21(29)27-34)5-8-18(19)22(30)25-16-9-15(11-24-12-16)23(31)33-2/h3-12,34H,1-2H3,(H,25,30)(H,26,28)(H,27,29). The summed E-state index contributed by atoms with van der Waals surface area (Å²) in [7, 11) is 2.74. The molecule has 0 saturated carbocycles. The maximum atomic E-state index is 13.0. The van der Waals surface area contributed by atoms with Crippen LogP contribution < -0.4 is 20.1 Å². The summed E-state index contributed by atoms with van der Waals surface area (Å²) in [4.78, 5) is 53.5. The van der Waals surface area contributed by atoms with E-state index in [1.54, 1.807) is 24.3 Å². The molecule has 0 aliphatic rings. The van der Waals surface area contributed by atoms with Gasteiger partial charge in [-0.2, -0.15) is 0 Å². The number of esters is 1. The Morgan fingerprint density at radius 2 is 1.50 bits per heavy atom. The third-order valence-corrected chi connectivity index (χ3v) is 4.85. The minimum absolute atomic E-state index is 0.0704. The molecule has 11 heteroatoms. The lowest BCUT2D eigenvalue weighted by atomic mass is 10.1. The number of methoxy groups -OCH3 is 2. The lowest BCUT2D eigenvalue weighted by Gasteiger charge is -2.13. The smallest absolute Gasteiger partial charge is 0.339 e. The van der Waals surface area contributed by atoms with E-state index in [0.717, 1.165) is 0 Å². The summed E-state index contributed by atoms with van der Waals surface area (Å²) in [6.45, 7) is 0. The second kappa shape index (κ2) is 11.0. The van der Waals surface area contributed by atoms with Crippen molar-refractivity contribution in [2.24, 2.45) is 0 Å². The van der Waals surface area contributed by atoms with Crippen LogP contribution >= 0.6 is 12.8 Å². The number of nitrogens with one attached hydrogen (secondary N) is 3. The number of hydrogen-bond donors (Lipinski definition) is 4. The maximum absolute atomic E-state index is 13.0. The Hall–Kier alpha value is -4.38. The van der Waals surface area contributed by atoms with Crippen LogP contribution in [0.2, 0.25) is 0 Å². The molecule has 2 aromatic carbocycles. The fourth-order valence-electron chi connectivity index (χ4n) is 2.92. The summed E-state index contributed by atoms with van der Waals surface area (Å²) in [6, 6.07) is 11.9. The number of carbonyl (C=O) groups excluding carboxylic acids is 4. The molecular weight excluding hydrogens is 460 g/mol. The highest BCUT2D eigenvalue weighted by atomic mass is 32.1. The van der Waals surface area contributed by atoms with Gasteiger partial charge in [0.25, 0.3) is 17.7 Å². The largest absolute Gasteiger partial charge is 0.497 e. The van der Waals surface area contributed by atoms with Crippen LogP contribution in [0.15, 0.2) is 60.9 Å². The molecule has 3 N–H and O–H groups in total. The molecule has 3 aromatic rings. The van der Waals surface area contributed by atoms with Crippen LogP contribution in [-0.2, 0) is 4.74 Å². The van der Waals surface area contributed by atoms with Crippen molar-refractivity contribution >= 4 is 47.9 Å². The van der Waals surface area contributed by atoms with Crippen LogP contribution in [-0.4, -0.2) is 42.9 Å². The highest BCUT2D eigenvalue weighted by molar-refractivity contribution is 7.78. The number of thiol groups is 1. The molecule has 174 valence electrons. The number of pyridine rings is 1. The fourth-order valence-corrected chi connectivity index (χ4v) is 3.05. The van der Waals surface area contributed by atoms with Gasteiger partial charge in [-0.3, -0.25) is 24.1 Å². The van der Waals surface area contributed by atoms with E-state index in [0.29, 0.717) is 11.3 Å². The quantitative estimate of drug-likeness (QED) is 0.302. The number of nitrogens with zero attached hydrogens (tertiary/aromatic N) is 1. The minimum atomic E-state index is -0.613. The predicted octanol–water partition coefficient (Wildman–Crippen LogP) is 2.96. The number of ether oxygens (including phenoxy) is 2. The summed E-state index contributed by atoms with van der Waals surface area (Å²) in [5.41, 5.74) is 1.02. The molecule has 0 unspecified atom stereocenters. The lowest BCUT2D eigenvalue weighted by molar-refractivity contribution is 0.0599. The molecule has 1 aromatic heterocycles. The number of benzene rings is 2. The second-order valence-electron chi connectivity index (χ2n) is 6.79.